The Balaban J connectivity index is 1.05. The van der Waals surface area contributed by atoms with Crippen molar-refractivity contribution in [2.75, 3.05) is 32.8 Å². The summed E-state index contributed by atoms with van der Waals surface area (Å²) in [6.45, 7) is 5.09. The Morgan fingerprint density at radius 3 is 2.23 bits per heavy atom. The Bertz CT molecular complexity index is 1120. The number of rotatable bonds is 7. The highest BCUT2D eigenvalue weighted by atomic mass is 16.5. The first-order valence-corrected chi connectivity index (χ1v) is 15.5. The molecule has 3 aliphatic heterocycles. The van der Waals surface area contributed by atoms with Gasteiger partial charge >= 0.3 is 6.03 Å². The van der Waals surface area contributed by atoms with Crippen LogP contribution in [-0.4, -0.2) is 77.6 Å². The second-order valence-electron chi connectivity index (χ2n) is 12.1. The molecule has 214 valence electrons. The highest BCUT2D eigenvalue weighted by Crippen LogP contribution is 2.38. The van der Waals surface area contributed by atoms with Crippen LogP contribution < -0.4 is 5.32 Å². The average Bonchev–Trinajstić information content (AvgIpc) is 3.36. The maximum atomic E-state index is 13.9. The zero-order valence-corrected chi connectivity index (χ0v) is 23.7. The van der Waals surface area contributed by atoms with E-state index in [1.54, 1.807) is 0 Å². The minimum Gasteiger partial charge on any atom is -0.381 e. The Kier molecular flexibility index (Phi) is 8.68. The number of nitrogens with one attached hydrogen (secondary N) is 1. The molecule has 3 amide bonds. The second-order valence-corrected chi connectivity index (χ2v) is 12.1. The highest BCUT2D eigenvalue weighted by molar-refractivity contribution is 5.94. The summed E-state index contributed by atoms with van der Waals surface area (Å²) in [6.07, 6.45) is 9.84. The van der Waals surface area contributed by atoms with Crippen LogP contribution in [0.1, 0.15) is 85.3 Å². The lowest BCUT2D eigenvalue weighted by Crippen LogP contribution is -2.48. The van der Waals surface area contributed by atoms with Crippen LogP contribution in [0.15, 0.2) is 54.6 Å². The molecule has 0 radical (unpaired) electrons. The normalized spacial score (nSPS) is 24.0. The number of hydrogen-bond donors (Lipinski definition) is 1. The molecule has 1 N–H and O–H groups in total. The molecule has 0 bridgehead atoms. The van der Waals surface area contributed by atoms with Crippen LogP contribution in [0.25, 0.3) is 0 Å². The van der Waals surface area contributed by atoms with E-state index in [-0.39, 0.29) is 30.1 Å². The minimum absolute atomic E-state index is 0.00443. The van der Waals surface area contributed by atoms with Gasteiger partial charge in [-0.25, -0.2) is 4.79 Å². The van der Waals surface area contributed by atoms with Gasteiger partial charge < -0.3 is 19.9 Å². The van der Waals surface area contributed by atoms with Gasteiger partial charge in [0, 0.05) is 63.1 Å². The van der Waals surface area contributed by atoms with Gasteiger partial charge in [0.2, 0.25) is 0 Å². The number of likely N-dealkylation sites (tertiary alicyclic amines) is 1. The molecule has 1 atom stereocenters. The second kappa shape index (κ2) is 12.7. The Morgan fingerprint density at radius 1 is 0.825 bits per heavy atom. The van der Waals surface area contributed by atoms with E-state index in [0.717, 1.165) is 83.5 Å². The molecule has 4 fully saturated rings. The van der Waals surface area contributed by atoms with E-state index in [9.17, 15) is 9.59 Å². The first-order valence-electron chi connectivity index (χ1n) is 15.5. The number of ether oxygens (including phenoxy) is 1. The largest absolute Gasteiger partial charge is 0.381 e. The molecule has 1 aliphatic carbocycles. The van der Waals surface area contributed by atoms with Crippen molar-refractivity contribution in [2.24, 2.45) is 0 Å². The van der Waals surface area contributed by atoms with E-state index in [1.165, 1.54) is 30.4 Å². The molecule has 1 unspecified atom stereocenters. The van der Waals surface area contributed by atoms with E-state index in [2.05, 4.69) is 62.5 Å². The molecule has 1 saturated carbocycles. The van der Waals surface area contributed by atoms with Gasteiger partial charge in [-0.1, -0.05) is 61.7 Å². The molecule has 0 aromatic heterocycles. The van der Waals surface area contributed by atoms with Crippen molar-refractivity contribution in [1.29, 1.82) is 0 Å². The lowest BCUT2D eigenvalue weighted by molar-refractivity contribution is 0.0696. The van der Waals surface area contributed by atoms with Crippen molar-refractivity contribution < 1.29 is 14.3 Å². The first-order chi connectivity index (χ1) is 19.7. The van der Waals surface area contributed by atoms with Gasteiger partial charge in [0.25, 0.3) is 5.91 Å². The standard InChI is InChI=1S/C33H44N4O3/c38-32(34-28-17-21-40-22-18-28)27-13-11-25(12-14-27)23-35-19-15-30(16-20-35)37-31(26-7-3-1-4-8-26)24-36(33(37)39)29-9-5-2-6-10-29/h1,3-4,7-8,11-14,28-31H,2,5-6,9-10,15-24H2,(H,34,38). The third-order valence-corrected chi connectivity index (χ3v) is 9.50. The number of amides is 3. The summed E-state index contributed by atoms with van der Waals surface area (Å²) in [5.74, 6) is 0.00443. The smallest absolute Gasteiger partial charge is 0.321 e. The van der Waals surface area contributed by atoms with Crippen molar-refractivity contribution in [3.8, 4) is 0 Å². The average molecular weight is 545 g/mol. The fourth-order valence-corrected chi connectivity index (χ4v) is 7.17. The van der Waals surface area contributed by atoms with Crippen molar-refractivity contribution in [3.63, 3.8) is 0 Å². The molecule has 3 heterocycles. The quantitative estimate of drug-likeness (QED) is 0.509. The molecular formula is C33H44N4O3. The lowest BCUT2D eigenvalue weighted by Gasteiger charge is -2.39. The highest BCUT2D eigenvalue weighted by Gasteiger charge is 2.45. The Hall–Kier alpha value is -2.90. The number of carbonyl (C=O) groups is 2. The summed E-state index contributed by atoms with van der Waals surface area (Å²) in [5, 5.41) is 3.15. The van der Waals surface area contributed by atoms with E-state index >= 15 is 0 Å². The molecule has 40 heavy (non-hydrogen) atoms. The van der Waals surface area contributed by atoms with Crippen molar-refractivity contribution >= 4 is 11.9 Å². The summed E-state index contributed by atoms with van der Waals surface area (Å²) in [7, 11) is 0. The number of hydrogen-bond acceptors (Lipinski definition) is 4. The molecule has 6 rings (SSSR count). The fraction of sp³-hybridized carbons (Fsp3) is 0.576. The number of carbonyl (C=O) groups excluding carboxylic acids is 2. The lowest BCUT2D eigenvalue weighted by atomic mass is 9.94. The molecule has 3 saturated heterocycles. The van der Waals surface area contributed by atoms with E-state index in [4.69, 9.17) is 4.74 Å². The van der Waals surface area contributed by atoms with Crippen LogP contribution in [0.3, 0.4) is 0 Å². The topological polar surface area (TPSA) is 65.1 Å². The van der Waals surface area contributed by atoms with Gasteiger partial charge in [0.15, 0.2) is 0 Å². The third kappa shape index (κ3) is 6.21. The summed E-state index contributed by atoms with van der Waals surface area (Å²) >= 11 is 0. The van der Waals surface area contributed by atoms with Gasteiger partial charge in [0.05, 0.1) is 6.04 Å². The predicted octanol–water partition coefficient (Wildman–Crippen LogP) is 5.37. The number of nitrogens with zero attached hydrogens (tertiary/aromatic N) is 3. The summed E-state index contributed by atoms with van der Waals surface area (Å²) < 4.78 is 5.39. The molecule has 2 aromatic rings. The summed E-state index contributed by atoms with van der Waals surface area (Å²) in [6, 6.07) is 20.0. The van der Waals surface area contributed by atoms with Crippen LogP contribution in [0.5, 0.6) is 0 Å². The summed E-state index contributed by atoms with van der Waals surface area (Å²) in [5.41, 5.74) is 3.21. The Morgan fingerprint density at radius 2 is 1.52 bits per heavy atom. The number of urea groups is 1. The zero-order valence-electron chi connectivity index (χ0n) is 23.7. The molecule has 7 heteroatoms. The third-order valence-electron chi connectivity index (χ3n) is 9.50. The van der Waals surface area contributed by atoms with Crippen LogP contribution in [0.4, 0.5) is 4.79 Å². The van der Waals surface area contributed by atoms with Crippen LogP contribution in [-0.2, 0) is 11.3 Å². The van der Waals surface area contributed by atoms with Crippen LogP contribution >= 0.6 is 0 Å². The van der Waals surface area contributed by atoms with E-state index in [0.29, 0.717) is 6.04 Å². The number of piperidine rings is 1. The Labute approximate surface area is 238 Å². The minimum atomic E-state index is 0.00443. The van der Waals surface area contributed by atoms with E-state index in [1.807, 2.05) is 12.1 Å². The van der Waals surface area contributed by atoms with Gasteiger partial charge in [-0.15, -0.1) is 0 Å². The SMILES string of the molecule is O=C(NC1CCOCC1)c1ccc(CN2CCC(N3C(=O)N(C4CCCCC4)CC3c3ccccc3)CC2)cc1. The van der Waals surface area contributed by atoms with Gasteiger partial charge in [-0.2, -0.15) is 0 Å². The first kappa shape index (κ1) is 27.3. The monoisotopic (exact) mass is 544 g/mol. The van der Waals surface area contributed by atoms with Crippen molar-refractivity contribution in [1.82, 2.24) is 20.0 Å². The zero-order chi connectivity index (χ0) is 27.3. The maximum absolute atomic E-state index is 13.9. The molecule has 7 nitrogen and oxygen atoms in total. The molecule has 2 aromatic carbocycles. The molecule has 0 spiro atoms. The predicted molar refractivity (Wildman–Crippen MR) is 156 cm³/mol. The summed E-state index contributed by atoms with van der Waals surface area (Å²) in [4.78, 5) is 33.5. The van der Waals surface area contributed by atoms with Gasteiger partial charge in [-0.3, -0.25) is 9.69 Å². The van der Waals surface area contributed by atoms with Gasteiger partial charge in [-0.05, 0) is 61.8 Å². The van der Waals surface area contributed by atoms with Crippen molar-refractivity contribution in [2.45, 2.75) is 88.5 Å². The van der Waals surface area contributed by atoms with Crippen LogP contribution in [0.2, 0.25) is 0 Å². The van der Waals surface area contributed by atoms with E-state index < -0.39 is 0 Å². The maximum Gasteiger partial charge on any atom is 0.321 e. The fourth-order valence-electron chi connectivity index (χ4n) is 7.17. The molecular weight excluding hydrogens is 500 g/mol. The van der Waals surface area contributed by atoms with Gasteiger partial charge in [0.1, 0.15) is 0 Å². The van der Waals surface area contributed by atoms with Crippen molar-refractivity contribution in [3.05, 3.63) is 71.3 Å². The van der Waals surface area contributed by atoms with Crippen LogP contribution in [0, 0.1) is 0 Å². The number of benzene rings is 2. The molecule has 4 aliphatic rings.